The van der Waals surface area contributed by atoms with Gasteiger partial charge in [-0.1, -0.05) is 25.4 Å². The molecule has 6 heteroatoms. The van der Waals surface area contributed by atoms with E-state index < -0.39 is 22.9 Å². The van der Waals surface area contributed by atoms with Gasteiger partial charge in [0.05, 0.1) is 10.6 Å². The van der Waals surface area contributed by atoms with Crippen LogP contribution in [0.4, 0.5) is 4.39 Å². The van der Waals surface area contributed by atoms with Crippen LogP contribution in [0.25, 0.3) is 0 Å². The molecule has 0 spiro atoms. The molecule has 0 heterocycles. The third-order valence-corrected chi connectivity index (χ3v) is 2.72. The van der Waals surface area contributed by atoms with Crippen molar-refractivity contribution in [2.75, 3.05) is 13.2 Å². The monoisotopic (exact) mass is 275 g/mol. The summed E-state index contributed by atoms with van der Waals surface area (Å²) < 4.78 is 13.1. The Hall–Kier alpha value is -1.33. The standard InChI is InChI=1S/C12H15ClFNO3/c1-12(2,6-16)5-15-11(18)8-3-7(14)4-9(13)10(8)17/h3-4,16-17H,5-6H2,1-2H3,(H,15,18). The number of amides is 1. The van der Waals surface area contributed by atoms with E-state index in [0.717, 1.165) is 12.1 Å². The lowest BCUT2D eigenvalue weighted by Crippen LogP contribution is -2.36. The molecule has 0 unspecified atom stereocenters. The minimum absolute atomic E-state index is 0.108. The number of carbonyl (C=O) groups is 1. The number of phenolic OH excluding ortho intramolecular Hbond substituents is 1. The Kier molecular flexibility index (Phi) is 4.53. The topological polar surface area (TPSA) is 69.6 Å². The first kappa shape index (κ1) is 14.7. The molecular weight excluding hydrogens is 261 g/mol. The first-order valence-corrected chi connectivity index (χ1v) is 5.72. The van der Waals surface area contributed by atoms with Crippen LogP contribution in [0.3, 0.4) is 0 Å². The van der Waals surface area contributed by atoms with Crippen molar-refractivity contribution < 1.29 is 19.4 Å². The van der Waals surface area contributed by atoms with Crippen molar-refractivity contribution in [2.24, 2.45) is 5.41 Å². The smallest absolute Gasteiger partial charge is 0.255 e. The molecule has 0 saturated carbocycles. The largest absolute Gasteiger partial charge is 0.506 e. The van der Waals surface area contributed by atoms with Crippen LogP contribution in [0.5, 0.6) is 5.75 Å². The van der Waals surface area contributed by atoms with Crippen molar-refractivity contribution in [2.45, 2.75) is 13.8 Å². The number of nitrogens with one attached hydrogen (secondary N) is 1. The number of aliphatic hydroxyl groups is 1. The molecule has 1 aromatic rings. The molecule has 0 saturated heterocycles. The zero-order chi connectivity index (χ0) is 13.9. The van der Waals surface area contributed by atoms with Gasteiger partial charge in [0.1, 0.15) is 11.6 Å². The molecule has 1 aromatic carbocycles. The summed E-state index contributed by atoms with van der Waals surface area (Å²) >= 11 is 5.57. The van der Waals surface area contributed by atoms with E-state index in [1.165, 1.54) is 0 Å². The molecule has 0 bridgehead atoms. The molecule has 100 valence electrons. The van der Waals surface area contributed by atoms with Gasteiger partial charge in [-0.25, -0.2) is 4.39 Å². The predicted molar refractivity (Wildman–Crippen MR) is 66.3 cm³/mol. The third kappa shape index (κ3) is 3.58. The zero-order valence-electron chi connectivity index (χ0n) is 10.1. The summed E-state index contributed by atoms with van der Waals surface area (Å²) in [6.07, 6.45) is 0. The van der Waals surface area contributed by atoms with Gasteiger partial charge in [-0.2, -0.15) is 0 Å². The fourth-order valence-corrected chi connectivity index (χ4v) is 1.42. The van der Waals surface area contributed by atoms with Crippen LogP contribution in [0.1, 0.15) is 24.2 Å². The number of aromatic hydroxyl groups is 1. The van der Waals surface area contributed by atoms with E-state index in [-0.39, 0.29) is 23.7 Å². The van der Waals surface area contributed by atoms with Gasteiger partial charge >= 0.3 is 0 Å². The van der Waals surface area contributed by atoms with Crippen LogP contribution in [0, 0.1) is 11.2 Å². The number of halogens is 2. The Balaban J connectivity index is 2.85. The molecule has 0 aromatic heterocycles. The van der Waals surface area contributed by atoms with Crippen molar-refractivity contribution in [3.8, 4) is 5.75 Å². The molecule has 0 fully saturated rings. The maximum absolute atomic E-state index is 13.1. The minimum Gasteiger partial charge on any atom is -0.506 e. The van der Waals surface area contributed by atoms with Crippen LogP contribution in [0.15, 0.2) is 12.1 Å². The summed E-state index contributed by atoms with van der Waals surface area (Å²) in [4.78, 5) is 11.8. The van der Waals surface area contributed by atoms with Gasteiger partial charge in [0.2, 0.25) is 0 Å². The summed E-state index contributed by atoms with van der Waals surface area (Å²) in [5.41, 5.74) is -0.726. The number of hydrogen-bond acceptors (Lipinski definition) is 3. The van der Waals surface area contributed by atoms with E-state index in [2.05, 4.69) is 5.32 Å². The molecule has 0 atom stereocenters. The van der Waals surface area contributed by atoms with Gasteiger partial charge in [-0.05, 0) is 12.1 Å². The fourth-order valence-electron chi connectivity index (χ4n) is 1.21. The molecule has 1 rings (SSSR count). The lowest BCUT2D eigenvalue weighted by Gasteiger charge is -2.22. The Morgan fingerprint density at radius 3 is 2.67 bits per heavy atom. The number of phenols is 1. The summed E-state index contributed by atoms with van der Waals surface area (Å²) in [5, 5.41) is 20.9. The highest BCUT2D eigenvalue weighted by atomic mass is 35.5. The molecule has 3 N–H and O–H groups in total. The average Bonchev–Trinajstić information content (AvgIpc) is 2.31. The molecule has 0 aliphatic carbocycles. The van der Waals surface area contributed by atoms with Gasteiger partial charge in [0, 0.05) is 18.6 Å². The second-order valence-corrected chi connectivity index (χ2v) is 5.20. The number of carbonyl (C=O) groups excluding carboxylic acids is 1. The molecule has 0 aliphatic rings. The van der Waals surface area contributed by atoms with Crippen molar-refractivity contribution in [1.82, 2.24) is 5.32 Å². The van der Waals surface area contributed by atoms with E-state index >= 15 is 0 Å². The molecular formula is C12H15ClFNO3. The number of hydrogen-bond donors (Lipinski definition) is 3. The van der Waals surface area contributed by atoms with E-state index in [1.807, 2.05) is 0 Å². The van der Waals surface area contributed by atoms with Crippen LogP contribution < -0.4 is 5.32 Å². The summed E-state index contributed by atoms with van der Waals surface area (Å²) in [5.74, 6) is -1.81. The minimum atomic E-state index is -0.704. The van der Waals surface area contributed by atoms with Crippen LogP contribution in [-0.2, 0) is 0 Å². The van der Waals surface area contributed by atoms with E-state index in [4.69, 9.17) is 16.7 Å². The second kappa shape index (κ2) is 5.54. The van der Waals surface area contributed by atoms with Crippen LogP contribution in [-0.4, -0.2) is 29.3 Å². The summed E-state index contributed by atoms with van der Waals surface area (Å²) in [6, 6.07) is 1.83. The van der Waals surface area contributed by atoms with Crippen molar-refractivity contribution in [1.29, 1.82) is 0 Å². The normalized spacial score (nSPS) is 11.4. The lowest BCUT2D eigenvalue weighted by molar-refractivity contribution is 0.0908. The number of aliphatic hydroxyl groups excluding tert-OH is 1. The Labute approximate surface area is 109 Å². The van der Waals surface area contributed by atoms with Crippen molar-refractivity contribution in [3.05, 3.63) is 28.5 Å². The first-order valence-electron chi connectivity index (χ1n) is 5.34. The molecule has 0 radical (unpaired) electrons. The highest BCUT2D eigenvalue weighted by molar-refractivity contribution is 6.32. The molecule has 1 amide bonds. The Morgan fingerprint density at radius 1 is 1.50 bits per heavy atom. The Morgan fingerprint density at radius 2 is 2.11 bits per heavy atom. The average molecular weight is 276 g/mol. The molecule has 4 nitrogen and oxygen atoms in total. The summed E-state index contributed by atoms with van der Waals surface area (Å²) in [7, 11) is 0. The maximum Gasteiger partial charge on any atom is 0.255 e. The quantitative estimate of drug-likeness (QED) is 0.786. The fraction of sp³-hybridized carbons (Fsp3) is 0.417. The highest BCUT2D eigenvalue weighted by Gasteiger charge is 2.20. The lowest BCUT2D eigenvalue weighted by atomic mass is 9.95. The van der Waals surface area contributed by atoms with Crippen LogP contribution >= 0.6 is 11.6 Å². The van der Waals surface area contributed by atoms with Gasteiger partial charge in [0.25, 0.3) is 5.91 Å². The van der Waals surface area contributed by atoms with Crippen molar-refractivity contribution in [3.63, 3.8) is 0 Å². The highest BCUT2D eigenvalue weighted by Crippen LogP contribution is 2.28. The van der Waals surface area contributed by atoms with Crippen molar-refractivity contribution >= 4 is 17.5 Å². The third-order valence-electron chi connectivity index (χ3n) is 2.43. The van der Waals surface area contributed by atoms with Gasteiger partial charge in [0.15, 0.2) is 0 Å². The number of benzene rings is 1. The SMILES string of the molecule is CC(C)(CO)CNC(=O)c1cc(F)cc(Cl)c1O. The molecule has 0 aliphatic heterocycles. The van der Waals surface area contributed by atoms with E-state index in [9.17, 15) is 14.3 Å². The van der Waals surface area contributed by atoms with Gasteiger partial charge < -0.3 is 15.5 Å². The number of rotatable bonds is 4. The predicted octanol–water partition coefficient (Wildman–Crippen LogP) is 1.93. The van der Waals surface area contributed by atoms with E-state index in [0.29, 0.717) is 0 Å². The Bertz CT molecular complexity index is 463. The maximum atomic E-state index is 13.1. The molecule has 18 heavy (non-hydrogen) atoms. The second-order valence-electron chi connectivity index (χ2n) is 4.79. The summed E-state index contributed by atoms with van der Waals surface area (Å²) in [6.45, 7) is 3.59. The van der Waals surface area contributed by atoms with Gasteiger partial charge in [-0.15, -0.1) is 0 Å². The van der Waals surface area contributed by atoms with Gasteiger partial charge in [-0.3, -0.25) is 4.79 Å². The van der Waals surface area contributed by atoms with E-state index in [1.54, 1.807) is 13.8 Å². The zero-order valence-corrected chi connectivity index (χ0v) is 10.9. The van der Waals surface area contributed by atoms with Crippen LogP contribution in [0.2, 0.25) is 5.02 Å². The first-order chi connectivity index (χ1) is 8.26.